The van der Waals surface area contributed by atoms with Gasteiger partial charge < -0.3 is 10.1 Å². The van der Waals surface area contributed by atoms with Gasteiger partial charge in [0.1, 0.15) is 0 Å². The van der Waals surface area contributed by atoms with Gasteiger partial charge in [-0.15, -0.1) is 0 Å². The average Bonchev–Trinajstić information content (AvgIpc) is 1.81. The van der Waals surface area contributed by atoms with Gasteiger partial charge in [0.25, 0.3) is 0 Å². The molecule has 46 valence electrons. The summed E-state index contributed by atoms with van der Waals surface area (Å²) in [4.78, 5) is 10.7. The lowest BCUT2D eigenvalue weighted by molar-refractivity contribution is -0.138. The lowest BCUT2D eigenvalue weighted by atomic mass is 10.1. The summed E-state index contributed by atoms with van der Waals surface area (Å²) in [5, 5.41) is 2.40. The lowest BCUT2D eigenvalue weighted by Gasteiger charge is -2.23. The molecule has 0 spiro atoms. The summed E-state index contributed by atoms with van der Waals surface area (Å²) in [7, 11) is 1.52. The van der Waals surface area contributed by atoms with Crippen LogP contribution in [0.3, 0.4) is 0 Å². The monoisotopic (exact) mass is 116 g/mol. The van der Waals surface area contributed by atoms with Crippen LogP contribution in [-0.2, 0) is 9.53 Å². The van der Waals surface area contributed by atoms with Crippen LogP contribution in [0.1, 0.15) is 1.37 Å². The van der Waals surface area contributed by atoms with E-state index in [0.29, 0.717) is 0 Å². The molecule has 8 heavy (non-hydrogen) atoms. The molecule has 1 saturated heterocycles. The predicted molar refractivity (Wildman–Crippen MR) is 28.4 cm³/mol. The Labute approximate surface area is 49.4 Å². The first-order chi connectivity index (χ1) is 4.19. The quantitative estimate of drug-likeness (QED) is 0.495. The van der Waals surface area contributed by atoms with Gasteiger partial charge in [0.2, 0.25) is 5.91 Å². The molecule has 0 unspecified atom stereocenters. The summed E-state index contributed by atoms with van der Waals surface area (Å²) in [6.45, 7) is 0.458. The molecule has 0 saturated carbocycles. The molecule has 0 aliphatic carbocycles. The van der Waals surface area contributed by atoms with E-state index in [-0.39, 0.29) is 19.1 Å². The third-order valence-corrected chi connectivity index (χ3v) is 1.10. The average molecular weight is 116 g/mol. The number of carbonyl (C=O) groups is 1. The fourth-order valence-electron chi connectivity index (χ4n) is 0.512. The highest BCUT2D eigenvalue weighted by molar-refractivity contribution is 5.79. The van der Waals surface area contributed by atoms with Crippen LogP contribution in [0, 0.1) is 5.89 Å². The SMILES string of the molecule is [2H]C1(C(=O)NC)COC1. The second kappa shape index (κ2) is 2.13. The lowest BCUT2D eigenvalue weighted by Crippen LogP contribution is -2.40. The molecule has 0 aromatic rings. The van der Waals surface area contributed by atoms with Crippen molar-refractivity contribution in [1.82, 2.24) is 5.32 Å². The topological polar surface area (TPSA) is 38.3 Å². The minimum absolute atomic E-state index is 0.229. The summed E-state index contributed by atoms with van der Waals surface area (Å²) in [6, 6.07) is 0. The number of hydrogen-bond acceptors (Lipinski definition) is 2. The van der Waals surface area contributed by atoms with E-state index < -0.39 is 5.89 Å². The first kappa shape index (κ1) is 4.32. The van der Waals surface area contributed by atoms with Crippen molar-refractivity contribution in [2.24, 2.45) is 5.89 Å². The predicted octanol–water partition coefficient (Wildman–Crippen LogP) is -0.621. The fraction of sp³-hybridized carbons (Fsp3) is 0.800. The normalized spacial score (nSPS) is 25.4. The van der Waals surface area contributed by atoms with Gasteiger partial charge in [-0.05, 0) is 0 Å². The van der Waals surface area contributed by atoms with E-state index in [0.717, 1.165) is 0 Å². The van der Waals surface area contributed by atoms with E-state index in [1.807, 2.05) is 0 Å². The van der Waals surface area contributed by atoms with Crippen molar-refractivity contribution in [2.45, 2.75) is 0 Å². The van der Waals surface area contributed by atoms with Crippen molar-refractivity contribution < 1.29 is 10.9 Å². The molecule has 1 heterocycles. The summed E-state index contributed by atoms with van der Waals surface area (Å²) in [5.41, 5.74) is 0. The molecule has 1 rings (SSSR count). The van der Waals surface area contributed by atoms with Crippen molar-refractivity contribution >= 4 is 5.91 Å². The van der Waals surface area contributed by atoms with E-state index in [2.05, 4.69) is 5.32 Å². The zero-order valence-electron chi connectivity index (χ0n) is 5.73. The summed E-state index contributed by atoms with van der Waals surface area (Å²) in [6.07, 6.45) is 0. The molecule has 1 aliphatic rings. The van der Waals surface area contributed by atoms with E-state index >= 15 is 0 Å². The van der Waals surface area contributed by atoms with Crippen molar-refractivity contribution in [1.29, 1.82) is 0 Å². The van der Waals surface area contributed by atoms with Crippen molar-refractivity contribution in [3.8, 4) is 0 Å². The van der Waals surface area contributed by atoms with Crippen molar-refractivity contribution in [2.75, 3.05) is 20.3 Å². The standard InChI is InChI=1S/C5H9NO2/c1-6-5(7)4-2-8-3-4/h4H,2-3H2,1H3,(H,6,7)/i4D. The van der Waals surface area contributed by atoms with Gasteiger partial charge in [0.05, 0.1) is 19.1 Å². The molecule has 3 nitrogen and oxygen atoms in total. The molecule has 3 heteroatoms. The Kier molecular flexibility index (Phi) is 1.15. The fourth-order valence-corrected chi connectivity index (χ4v) is 0.512. The highest BCUT2D eigenvalue weighted by atomic mass is 16.5. The molecule has 0 atom stereocenters. The van der Waals surface area contributed by atoms with E-state index in [1.165, 1.54) is 7.05 Å². The van der Waals surface area contributed by atoms with Gasteiger partial charge in [-0.2, -0.15) is 0 Å². The number of rotatable bonds is 1. The van der Waals surface area contributed by atoms with E-state index in [1.54, 1.807) is 0 Å². The summed E-state index contributed by atoms with van der Waals surface area (Å²) in [5.74, 6) is -1.25. The minimum atomic E-state index is -0.991. The maximum atomic E-state index is 10.7. The molecule has 0 aromatic heterocycles. The molecule has 1 fully saturated rings. The van der Waals surface area contributed by atoms with Crippen LogP contribution in [-0.4, -0.2) is 26.2 Å². The summed E-state index contributed by atoms with van der Waals surface area (Å²) >= 11 is 0. The number of nitrogens with one attached hydrogen (secondary N) is 1. The molecular formula is C5H9NO2. The van der Waals surface area contributed by atoms with E-state index in [9.17, 15) is 4.79 Å². The minimum Gasteiger partial charge on any atom is -0.380 e. The van der Waals surface area contributed by atoms with Crippen molar-refractivity contribution in [3.05, 3.63) is 0 Å². The second-order valence-electron chi connectivity index (χ2n) is 1.68. The molecule has 0 radical (unpaired) electrons. The Bertz CT molecular complexity index is 133. The number of amides is 1. The van der Waals surface area contributed by atoms with Gasteiger partial charge in [-0.1, -0.05) is 0 Å². The Balaban J connectivity index is 2.49. The third kappa shape index (κ3) is 0.816. The van der Waals surface area contributed by atoms with Crippen LogP contribution in [0.15, 0.2) is 0 Å². The highest BCUT2D eigenvalue weighted by Crippen LogP contribution is 2.08. The Hall–Kier alpha value is -0.570. The van der Waals surface area contributed by atoms with Crippen LogP contribution in [0.5, 0.6) is 0 Å². The van der Waals surface area contributed by atoms with Gasteiger partial charge in [-0.3, -0.25) is 4.79 Å². The third-order valence-electron chi connectivity index (χ3n) is 1.10. The molecule has 0 bridgehead atoms. The maximum absolute atomic E-state index is 10.7. The van der Waals surface area contributed by atoms with Gasteiger partial charge in [0, 0.05) is 8.42 Å². The smallest absolute Gasteiger partial charge is 0.227 e. The molecule has 0 aromatic carbocycles. The maximum Gasteiger partial charge on any atom is 0.227 e. The van der Waals surface area contributed by atoms with Crippen LogP contribution in [0.25, 0.3) is 0 Å². The number of hydrogen-bond donors (Lipinski definition) is 1. The first-order valence-corrected chi connectivity index (χ1v) is 2.49. The second-order valence-corrected chi connectivity index (χ2v) is 1.68. The first-order valence-electron chi connectivity index (χ1n) is 2.99. The van der Waals surface area contributed by atoms with Gasteiger partial charge in [0.15, 0.2) is 0 Å². The van der Waals surface area contributed by atoms with Crippen molar-refractivity contribution in [3.63, 3.8) is 0 Å². The Morgan fingerprint density at radius 3 is 2.75 bits per heavy atom. The zero-order valence-corrected chi connectivity index (χ0v) is 4.73. The molecule has 1 N–H and O–H groups in total. The molecule has 1 aliphatic heterocycles. The largest absolute Gasteiger partial charge is 0.380 e. The summed E-state index contributed by atoms with van der Waals surface area (Å²) < 4.78 is 12.0. The van der Waals surface area contributed by atoms with Crippen LogP contribution < -0.4 is 5.32 Å². The van der Waals surface area contributed by atoms with Crippen LogP contribution in [0.4, 0.5) is 0 Å². The van der Waals surface area contributed by atoms with E-state index in [4.69, 9.17) is 6.11 Å². The van der Waals surface area contributed by atoms with Gasteiger partial charge >= 0.3 is 0 Å². The zero-order chi connectivity index (χ0) is 6.91. The number of ether oxygens (including phenoxy) is 1. The Morgan fingerprint density at radius 1 is 2.00 bits per heavy atom. The van der Waals surface area contributed by atoms with Crippen LogP contribution in [0.2, 0.25) is 0 Å². The number of carbonyl (C=O) groups excluding carboxylic acids is 1. The molecule has 1 amide bonds. The Morgan fingerprint density at radius 2 is 2.62 bits per heavy atom. The van der Waals surface area contributed by atoms with Gasteiger partial charge in [-0.25, -0.2) is 0 Å². The molecular weight excluding hydrogens is 106 g/mol. The van der Waals surface area contributed by atoms with Crippen LogP contribution >= 0.6 is 0 Å². The highest BCUT2D eigenvalue weighted by Gasteiger charge is 2.24.